The monoisotopic (exact) mass is 862 g/mol. The highest BCUT2D eigenvalue weighted by Crippen LogP contribution is 2.65. The number of Topliss-reactive ketones (excluding diaryl/α,β-unsaturated/α-hetero) is 1. The molecule has 5 amide bonds. The average Bonchev–Trinajstić information content (AvgIpc) is 3.43. The molecule has 4 saturated carbocycles. The molecule has 15 heteroatoms. The molecule has 4 N–H and O–H groups in total. The molecule has 0 aromatic rings. The first-order valence-corrected chi connectivity index (χ1v) is 24.5. The number of likely N-dealkylation sites (tertiary alicyclic amines) is 1. The molecule has 5 fully saturated rings. The Morgan fingerprint density at radius 3 is 1.98 bits per heavy atom. The van der Waals surface area contributed by atoms with E-state index in [-0.39, 0.29) is 54.2 Å². The van der Waals surface area contributed by atoms with E-state index >= 15 is 4.79 Å². The molecule has 60 heavy (non-hydrogen) atoms. The Balaban J connectivity index is 1.36. The molecule has 1 unspecified atom stereocenters. The molecule has 5 rings (SSSR count). The van der Waals surface area contributed by atoms with Gasteiger partial charge >= 0.3 is 12.0 Å². The molecular weight excluding hydrogens is 787 g/mol. The van der Waals surface area contributed by atoms with Gasteiger partial charge in [-0.15, -0.1) is 0 Å². The fourth-order valence-corrected chi connectivity index (χ4v) is 12.3. The predicted octanol–water partition coefficient (Wildman–Crippen LogP) is 5.51. The number of hydrogen-bond acceptors (Lipinski definition) is 9. The van der Waals surface area contributed by atoms with Crippen LogP contribution in [0.3, 0.4) is 0 Å². The molecule has 1 saturated heterocycles. The SMILES string of the molecule is CCC(C)(C)S(=O)(=O)CC1(NC(=O)N[C@H](C(=O)N2C[C@H]3[C@@H]([C@H]2C(=O)NC(CC2CCC2)C(=O)C(=O)NCCC(=O)OC(C)(C)C)C3(C)C)C2(C)CCCCC2)CCCCC1. The molecule has 4 aliphatic carbocycles. The third kappa shape index (κ3) is 10.9. The molecule has 14 nitrogen and oxygen atoms in total. The van der Waals surface area contributed by atoms with Crippen LogP contribution in [0.25, 0.3) is 0 Å². The summed E-state index contributed by atoms with van der Waals surface area (Å²) in [5.74, 6) is -3.24. The number of piperidine rings is 1. The van der Waals surface area contributed by atoms with Crippen molar-refractivity contribution in [3.8, 4) is 0 Å². The molecule has 1 heterocycles. The van der Waals surface area contributed by atoms with Crippen molar-refractivity contribution in [1.29, 1.82) is 0 Å². The number of carbonyl (C=O) groups is 6. The Hall–Kier alpha value is -3.23. The number of fused-ring (bicyclic) bond motifs is 1. The second-order valence-corrected chi connectivity index (χ2v) is 24.0. The summed E-state index contributed by atoms with van der Waals surface area (Å²) in [6, 6.07) is -3.60. The molecule has 0 bridgehead atoms. The number of amides is 5. The summed E-state index contributed by atoms with van der Waals surface area (Å²) in [5.41, 5.74) is -2.52. The third-order valence-electron chi connectivity index (χ3n) is 15.0. The second kappa shape index (κ2) is 18.2. The minimum Gasteiger partial charge on any atom is -0.460 e. The van der Waals surface area contributed by atoms with Crippen molar-refractivity contribution < 1.29 is 41.9 Å². The van der Waals surface area contributed by atoms with Gasteiger partial charge in [0.15, 0.2) is 9.84 Å². The molecule has 1 aliphatic heterocycles. The summed E-state index contributed by atoms with van der Waals surface area (Å²) < 4.78 is 31.8. The maximum absolute atomic E-state index is 15.1. The van der Waals surface area contributed by atoms with Crippen LogP contribution in [-0.4, -0.2) is 102 Å². The van der Waals surface area contributed by atoms with Crippen molar-refractivity contribution in [2.45, 2.75) is 199 Å². The highest BCUT2D eigenvalue weighted by atomic mass is 32.2. The largest absolute Gasteiger partial charge is 0.460 e. The van der Waals surface area contributed by atoms with Crippen molar-refractivity contribution in [1.82, 2.24) is 26.2 Å². The topological polar surface area (TPSA) is 197 Å². The zero-order valence-corrected chi connectivity index (χ0v) is 38.7. The Bertz CT molecular complexity index is 1740. The first-order valence-electron chi connectivity index (χ1n) is 22.8. The van der Waals surface area contributed by atoms with Gasteiger partial charge in [0.2, 0.25) is 17.6 Å². The number of sulfone groups is 1. The lowest BCUT2D eigenvalue weighted by atomic mass is 9.70. The van der Waals surface area contributed by atoms with Gasteiger partial charge in [0, 0.05) is 13.1 Å². The van der Waals surface area contributed by atoms with Crippen molar-refractivity contribution in [2.24, 2.45) is 28.6 Å². The lowest BCUT2D eigenvalue weighted by Gasteiger charge is -2.44. The van der Waals surface area contributed by atoms with Crippen LogP contribution >= 0.6 is 0 Å². The summed E-state index contributed by atoms with van der Waals surface area (Å²) in [5, 5.41) is 11.6. The quantitative estimate of drug-likeness (QED) is 0.108. The molecule has 0 aromatic carbocycles. The fraction of sp³-hybridized carbons (Fsp3) is 0.867. The van der Waals surface area contributed by atoms with E-state index in [1.165, 1.54) is 0 Å². The number of carbonyl (C=O) groups excluding carboxylic acids is 6. The Kier molecular flexibility index (Phi) is 14.5. The number of nitrogens with one attached hydrogen (secondary N) is 4. The van der Waals surface area contributed by atoms with Crippen LogP contribution < -0.4 is 21.3 Å². The molecule has 5 aliphatic rings. The fourth-order valence-electron chi connectivity index (χ4n) is 10.3. The van der Waals surface area contributed by atoms with Crippen LogP contribution in [0.15, 0.2) is 0 Å². The van der Waals surface area contributed by atoms with Crippen LogP contribution in [0, 0.1) is 28.6 Å². The van der Waals surface area contributed by atoms with E-state index in [0.717, 1.165) is 57.8 Å². The molecular formula is C45H75N5O9S. The van der Waals surface area contributed by atoms with Crippen LogP contribution in [-0.2, 0) is 38.5 Å². The van der Waals surface area contributed by atoms with E-state index in [0.29, 0.717) is 38.6 Å². The highest BCUT2D eigenvalue weighted by Gasteiger charge is 2.70. The van der Waals surface area contributed by atoms with Gasteiger partial charge in [-0.2, -0.15) is 0 Å². The minimum absolute atomic E-state index is 0.0282. The molecule has 5 atom stereocenters. The normalized spacial score (nSPS) is 25.7. The van der Waals surface area contributed by atoms with Crippen molar-refractivity contribution >= 4 is 45.3 Å². The number of ketones is 1. The first-order chi connectivity index (χ1) is 27.9. The van der Waals surface area contributed by atoms with Crippen molar-refractivity contribution in [3.63, 3.8) is 0 Å². The maximum atomic E-state index is 15.1. The summed E-state index contributed by atoms with van der Waals surface area (Å²) in [7, 11) is -3.60. The lowest BCUT2D eigenvalue weighted by Crippen LogP contribution is -2.65. The smallest absolute Gasteiger partial charge is 0.315 e. The van der Waals surface area contributed by atoms with Gasteiger partial charge in [-0.1, -0.05) is 85.5 Å². The van der Waals surface area contributed by atoms with E-state index < -0.39 is 78.9 Å². The summed E-state index contributed by atoms with van der Waals surface area (Å²) in [6.07, 6.45) is 11.1. The molecule has 0 aromatic heterocycles. The number of hydrogen-bond donors (Lipinski definition) is 4. The number of esters is 1. The van der Waals surface area contributed by atoms with Crippen LogP contribution in [0.2, 0.25) is 0 Å². The third-order valence-corrected chi connectivity index (χ3v) is 17.9. The number of ether oxygens (including phenoxy) is 1. The van der Waals surface area contributed by atoms with Crippen LogP contribution in [0.1, 0.15) is 165 Å². The summed E-state index contributed by atoms with van der Waals surface area (Å²) >= 11 is 0. The average molecular weight is 862 g/mol. The summed E-state index contributed by atoms with van der Waals surface area (Å²) in [4.78, 5) is 84.7. The van der Waals surface area contributed by atoms with Crippen molar-refractivity contribution in [3.05, 3.63) is 0 Å². The van der Waals surface area contributed by atoms with Gasteiger partial charge < -0.3 is 30.9 Å². The van der Waals surface area contributed by atoms with Gasteiger partial charge in [-0.3, -0.25) is 24.0 Å². The first kappa shape index (κ1) is 47.8. The van der Waals surface area contributed by atoms with Gasteiger partial charge in [-0.05, 0) is 102 Å². The van der Waals surface area contributed by atoms with E-state index in [1.54, 1.807) is 39.5 Å². The zero-order chi connectivity index (χ0) is 44.5. The number of rotatable bonds is 17. The van der Waals surface area contributed by atoms with Gasteiger partial charge in [0.25, 0.3) is 5.91 Å². The Labute approximate surface area is 358 Å². The minimum atomic E-state index is -3.60. The second-order valence-electron chi connectivity index (χ2n) is 21.4. The highest BCUT2D eigenvalue weighted by molar-refractivity contribution is 7.92. The van der Waals surface area contributed by atoms with E-state index in [1.807, 2.05) is 13.8 Å². The van der Waals surface area contributed by atoms with Crippen LogP contribution in [0.5, 0.6) is 0 Å². The zero-order valence-electron chi connectivity index (χ0n) is 37.9. The molecule has 0 radical (unpaired) electrons. The summed E-state index contributed by atoms with van der Waals surface area (Å²) in [6.45, 7) is 16.9. The van der Waals surface area contributed by atoms with E-state index in [2.05, 4.69) is 35.1 Å². The van der Waals surface area contributed by atoms with Crippen LogP contribution in [0.4, 0.5) is 4.79 Å². The van der Waals surface area contributed by atoms with Gasteiger partial charge in [0.1, 0.15) is 17.7 Å². The van der Waals surface area contributed by atoms with E-state index in [9.17, 15) is 32.4 Å². The Morgan fingerprint density at radius 1 is 0.833 bits per heavy atom. The van der Waals surface area contributed by atoms with Gasteiger partial charge in [-0.25, -0.2) is 13.2 Å². The molecule has 0 spiro atoms. The predicted molar refractivity (Wildman–Crippen MR) is 229 cm³/mol. The number of urea groups is 1. The maximum Gasteiger partial charge on any atom is 0.315 e. The molecule has 340 valence electrons. The van der Waals surface area contributed by atoms with E-state index in [4.69, 9.17) is 4.74 Å². The van der Waals surface area contributed by atoms with Gasteiger partial charge in [0.05, 0.1) is 28.5 Å². The number of nitrogens with zero attached hydrogens (tertiary/aromatic N) is 1. The lowest BCUT2D eigenvalue weighted by molar-refractivity contribution is -0.154. The van der Waals surface area contributed by atoms with Crippen molar-refractivity contribution in [2.75, 3.05) is 18.8 Å². The standard InChI is InChI=1S/C45H75N5O9S/c1-10-42(5,6)60(57,58)28-45(23-15-12-16-24-45)49-40(56)48-36(44(9)21-13-11-14-22-44)39(55)50-27-30-33(43(30,7)8)34(50)37(53)47-31(26-29-18-17-19-29)35(52)38(54)46-25-20-32(51)59-41(2,3)4/h29-31,33-34,36H,10-28H2,1-9H3,(H,46,54)(H,47,53)(H2,48,49,56)/t30-,31?,33-,34-,36+/m0/s1. The Morgan fingerprint density at radius 2 is 1.43 bits per heavy atom.